The molecule has 1 amide bonds. The SMILES string of the molecule is COc1ccc(CC(=O)N2CCC[C@H](c3cc4nc(C(F)(F)F)ccc4[nH]3)C2)cc1C. The Morgan fingerprint density at radius 3 is 2.77 bits per heavy atom. The predicted octanol–water partition coefficient (Wildman–Crippen LogP) is 4.85. The van der Waals surface area contributed by atoms with Gasteiger partial charge >= 0.3 is 6.18 Å². The summed E-state index contributed by atoms with van der Waals surface area (Å²) in [5, 5.41) is 0. The first-order valence-electron chi connectivity index (χ1n) is 10.2. The minimum Gasteiger partial charge on any atom is -0.496 e. The molecule has 0 spiro atoms. The first-order chi connectivity index (χ1) is 14.7. The first kappa shape index (κ1) is 21.2. The molecule has 1 aliphatic rings. The van der Waals surface area contributed by atoms with Crippen molar-refractivity contribution in [1.29, 1.82) is 0 Å². The number of methoxy groups -OCH3 is 1. The lowest BCUT2D eigenvalue weighted by atomic mass is 9.94. The second-order valence-electron chi connectivity index (χ2n) is 8.01. The lowest BCUT2D eigenvalue weighted by molar-refractivity contribution is -0.141. The predicted molar refractivity (Wildman–Crippen MR) is 111 cm³/mol. The number of carbonyl (C=O) groups excluding carboxylic acids is 1. The monoisotopic (exact) mass is 431 g/mol. The molecule has 1 fully saturated rings. The van der Waals surface area contributed by atoms with Gasteiger partial charge in [-0.25, -0.2) is 4.98 Å². The van der Waals surface area contributed by atoms with Crippen molar-refractivity contribution in [2.75, 3.05) is 20.2 Å². The molecule has 164 valence electrons. The van der Waals surface area contributed by atoms with E-state index in [-0.39, 0.29) is 11.8 Å². The van der Waals surface area contributed by atoms with E-state index in [0.717, 1.165) is 41.5 Å². The van der Waals surface area contributed by atoms with E-state index in [0.29, 0.717) is 30.5 Å². The van der Waals surface area contributed by atoms with Crippen LogP contribution in [0.1, 0.15) is 41.3 Å². The van der Waals surface area contributed by atoms with E-state index in [2.05, 4.69) is 9.97 Å². The number of pyridine rings is 1. The Kier molecular flexibility index (Phi) is 5.64. The number of likely N-dealkylation sites (tertiary alicyclic amines) is 1. The van der Waals surface area contributed by atoms with E-state index >= 15 is 0 Å². The van der Waals surface area contributed by atoms with Crippen LogP contribution in [-0.4, -0.2) is 41.0 Å². The molecule has 3 heterocycles. The van der Waals surface area contributed by atoms with Crippen LogP contribution in [0.3, 0.4) is 0 Å². The van der Waals surface area contributed by atoms with Gasteiger partial charge in [0.2, 0.25) is 5.91 Å². The van der Waals surface area contributed by atoms with Crippen LogP contribution in [-0.2, 0) is 17.4 Å². The van der Waals surface area contributed by atoms with Gasteiger partial charge in [-0.3, -0.25) is 4.79 Å². The summed E-state index contributed by atoms with van der Waals surface area (Å²) in [5.41, 5.74) is 2.69. The number of aromatic amines is 1. The molecule has 8 heteroatoms. The fourth-order valence-electron chi connectivity index (χ4n) is 4.20. The number of hydrogen-bond acceptors (Lipinski definition) is 3. The van der Waals surface area contributed by atoms with Crippen LogP contribution < -0.4 is 4.74 Å². The van der Waals surface area contributed by atoms with Crippen molar-refractivity contribution in [2.24, 2.45) is 0 Å². The molecule has 0 bridgehead atoms. The van der Waals surface area contributed by atoms with E-state index in [1.165, 1.54) is 6.07 Å². The first-order valence-corrected chi connectivity index (χ1v) is 10.2. The van der Waals surface area contributed by atoms with Crippen molar-refractivity contribution in [1.82, 2.24) is 14.9 Å². The van der Waals surface area contributed by atoms with Gasteiger partial charge in [-0.2, -0.15) is 13.2 Å². The molecular weight excluding hydrogens is 407 g/mol. The molecule has 1 atom stereocenters. The second-order valence-corrected chi connectivity index (χ2v) is 8.01. The van der Waals surface area contributed by atoms with Crippen LogP contribution in [0, 0.1) is 6.92 Å². The number of fused-ring (bicyclic) bond motifs is 1. The van der Waals surface area contributed by atoms with E-state index in [1.807, 2.05) is 30.0 Å². The maximum Gasteiger partial charge on any atom is 0.433 e. The molecule has 0 radical (unpaired) electrons. The average molecular weight is 431 g/mol. The Bertz CT molecular complexity index is 1110. The van der Waals surface area contributed by atoms with Gasteiger partial charge in [-0.15, -0.1) is 0 Å². The van der Waals surface area contributed by atoms with Crippen LogP contribution in [0.4, 0.5) is 13.2 Å². The van der Waals surface area contributed by atoms with Gasteiger partial charge in [-0.1, -0.05) is 12.1 Å². The fraction of sp³-hybridized carbons (Fsp3) is 0.391. The highest BCUT2D eigenvalue weighted by atomic mass is 19.4. The minimum absolute atomic E-state index is 0.0406. The smallest absolute Gasteiger partial charge is 0.433 e. The van der Waals surface area contributed by atoms with Crippen LogP contribution in [0.2, 0.25) is 0 Å². The Labute approximate surface area is 178 Å². The van der Waals surface area contributed by atoms with E-state index < -0.39 is 11.9 Å². The molecule has 1 aliphatic heterocycles. The summed E-state index contributed by atoms with van der Waals surface area (Å²) >= 11 is 0. The molecule has 3 aromatic rings. The number of carbonyl (C=O) groups is 1. The molecule has 1 N–H and O–H groups in total. The number of aryl methyl sites for hydroxylation is 1. The zero-order chi connectivity index (χ0) is 22.2. The van der Waals surface area contributed by atoms with Gasteiger partial charge < -0.3 is 14.6 Å². The van der Waals surface area contributed by atoms with Gasteiger partial charge in [0.15, 0.2) is 0 Å². The molecule has 0 unspecified atom stereocenters. The van der Waals surface area contributed by atoms with E-state index in [4.69, 9.17) is 4.74 Å². The van der Waals surface area contributed by atoms with Crippen molar-refractivity contribution >= 4 is 16.9 Å². The zero-order valence-corrected chi connectivity index (χ0v) is 17.4. The maximum absolute atomic E-state index is 12.9. The van der Waals surface area contributed by atoms with Crippen molar-refractivity contribution in [2.45, 2.75) is 38.3 Å². The van der Waals surface area contributed by atoms with E-state index in [1.54, 1.807) is 13.2 Å². The third-order valence-electron chi connectivity index (χ3n) is 5.81. The lowest BCUT2D eigenvalue weighted by Gasteiger charge is -2.32. The Morgan fingerprint density at radius 1 is 1.26 bits per heavy atom. The molecule has 0 saturated carbocycles. The highest BCUT2D eigenvalue weighted by Crippen LogP contribution is 2.32. The number of alkyl halides is 3. The number of nitrogens with zero attached hydrogens (tertiary/aromatic N) is 2. The standard InChI is InChI=1S/C23H24F3N3O2/c1-14-10-15(5-7-20(14)31-2)11-22(30)29-9-3-4-16(13-29)18-12-19-17(27-18)6-8-21(28-19)23(24,25)26/h5-8,10,12,16,27H,3-4,9,11,13H2,1-2H3/t16-/m0/s1. The number of rotatable bonds is 4. The fourth-order valence-corrected chi connectivity index (χ4v) is 4.20. The number of halogens is 3. The molecule has 1 saturated heterocycles. The van der Waals surface area contributed by atoms with Gasteiger partial charge in [0.25, 0.3) is 0 Å². The van der Waals surface area contributed by atoms with Gasteiger partial charge in [0, 0.05) is 24.7 Å². The average Bonchev–Trinajstić information content (AvgIpc) is 3.17. The zero-order valence-electron chi connectivity index (χ0n) is 17.4. The van der Waals surface area contributed by atoms with Crippen LogP contribution in [0.15, 0.2) is 36.4 Å². The Hall–Kier alpha value is -3.03. The van der Waals surface area contributed by atoms with Crippen LogP contribution in [0.5, 0.6) is 5.75 Å². The third-order valence-corrected chi connectivity index (χ3v) is 5.81. The van der Waals surface area contributed by atoms with Crippen LogP contribution >= 0.6 is 0 Å². The largest absolute Gasteiger partial charge is 0.496 e. The topological polar surface area (TPSA) is 58.2 Å². The summed E-state index contributed by atoms with van der Waals surface area (Å²) in [6, 6.07) is 9.79. The van der Waals surface area contributed by atoms with Gasteiger partial charge in [0.1, 0.15) is 11.4 Å². The Morgan fingerprint density at radius 2 is 2.06 bits per heavy atom. The molecule has 31 heavy (non-hydrogen) atoms. The molecular formula is C23H24F3N3O2. The molecule has 2 aromatic heterocycles. The summed E-state index contributed by atoms with van der Waals surface area (Å²) < 4.78 is 44.1. The minimum atomic E-state index is -4.47. The van der Waals surface area contributed by atoms with Crippen LogP contribution in [0.25, 0.3) is 11.0 Å². The summed E-state index contributed by atoms with van der Waals surface area (Å²) in [6.07, 6.45) is -2.46. The van der Waals surface area contributed by atoms with Crippen molar-refractivity contribution in [3.8, 4) is 5.75 Å². The molecule has 5 nitrogen and oxygen atoms in total. The number of piperidine rings is 1. The number of nitrogens with one attached hydrogen (secondary N) is 1. The quantitative estimate of drug-likeness (QED) is 0.643. The Balaban J connectivity index is 1.48. The highest BCUT2D eigenvalue weighted by molar-refractivity contribution is 5.79. The highest BCUT2D eigenvalue weighted by Gasteiger charge is 2.33. The normalized spacial score (nSPS) is 17.2. The summed E-state index contributed by atoms with van der Waals surface area (Å²) in [5.74, 6) is 0.872. The summed E-state index contributed by atoms with van der Waals surface area (Å²) in [6.45, 7) is 3.16. The van der Waals surface area contributed by atoms with Gasteiger partial charge in [-0.05, 0) is 55.2 Å². The third kappa shape index (κ3) is 4.52. The molecule has 1 aromatic carbocycles. The lowest BCUT2D eigenvalue weighted by Crippen LogP contribution is -2.40. The number of benzene rings is 1. The number of H-pyrrole nitrogens is 1. The number of aromatic nitrogens is 2. The van der Waals surface area contributed by atoms with E-state index in [9.17, 15) is 18.0 Å². The molecule has 0 aliphatic carbocycles. The molecule has 4 rings (SSSR count). The maximum atomic E-state index is 12.9. The van der Waals surface area contributed by atoms with Crippen molar-refractivity contribution in [3.63, 3.8) is 0 Å². The number of ether oxygens (including phenoxy) is 1. The van der Waals surface area contributed by atoms with Gasteiger partial charge in [0.05, 0.1) is 24.6 Å². The number of hydrogen-bond donors (Lipinski definition) is 1. The van der Waals surface area contributed by atoms with Crippen molar-refractivity contribution in [3.05, 3.63) is 58.9 Å². The summed E-state index contributed by atoms with van der Waals surface area (Å²) in [4.78, 5) is 21.7. The number of amides is 1. The van der Waals surface area contributed by atoms with Crippen molar-refractivity contribution < 1.29 is 22.7 Å². The second kappa shape index (κ2) is 8.24. The summed E-state index contributed by atoms with van der Waals surface area (Å²) in [7, 11) is 1.62.